The summed E-state index contributed by atoms with van der Waals surface area (Å²) in [6.07, 6.45) is 0.771. The molecule has 0 saturated heterocycles. The van der Waals surface area contributed by atoms with E-state index in [1.165, 1.54) is 0 Å². The minimum Gasteiger partial charge on any atom is -0.508 e. The van der Waals surface area contributed by atoms with Gasteiger partial charge in [-0.2, -0.15) is 15.0 Å². The maximum Gasteiger partial charge on any atom is 0.233 e. The third kappa shape index (κ3) is 5.05. The molecule has 0 aliphatic rings. The Morgan fingerprint density at radius 2 is 1.46 bits per heavy atom. The summed E-state index contributed by atoms with van der Waals surface area (Å²) in [5, 5.41) is 18.6. The zero-order valence-electron chi connectivity index (χ0n) is 14.2. The quantitative estimate of drug-likeness (QED) is 0.392. The second-order valence-electron chi connectivity index (χ2n) is 5.52. The summed E-state index contributed by atoms with van der Waals surface area (Å²) in [6, 6.07) is 16.8. The molecule has 1 heterocycles. The lowest BCUT2D eigenvalue weighted by molar-refractivity contribution is 0.475. The fraction of sp³-hybridized carbons (Fsp3) is 0.167. The molecule has 3 rings (SSSR count). The lowest BCUT2D eigenvalue weighted by Crippen LogP contribution is -2.16. The lowest BCUT2D eigenvalue weighted by atomic mass is 10.1. The van der Waals surface area contributed by atoms with E-state index in [0.717, 1.165) is 17.7 Å². The molecule has 0 radical (unpaired) electrons. The number of aromatic nitrogens is 3. The van der Waals surface area contributed by atoms with E-state index in [2.05, 4.69) is 30.9 Å². The Morgan fingerprint density at radius 1 is 0.808 bits per heavy atom. The highest BCUT2D eigenvalue weighted by Crippen LogP contribution is 2.15. The minimum atomic E-state index is 0.224. The molecule has 2 aromatic carbocycles. The van der Waals surface area contributed by atoms with Crippen LogP contribution in [0.1, 0.15) is 5.56 Å². The maximum absolute atomic E-state index is 9.33. The molecule has 0 amide bonds. The first kappa shape index (κ1) is 17.4. The van der Waals surface area contributed by atoms with Crippen molar-refractivity contribution in [2.45, 2.75) is 6.42 Å². The molecule has 0 aliphatic carbocycles. The van der Waals surface area contributed by atoms with Gasteiger partial charge in [-0.15, -0.1) is 0 Å². The maximum atomic E-state index is 9.33. The molecule has 8 heteroatoms. The highest BCUT2D eigenvalue weighted by atomic mass is 16.3. The molecular formula is C18H21N7O. The second kappa shape index (κ2) is 8.63. The second-order valence-corrected chi connectivity index (χ2v) is 5.52. The summed E-state index contributed by atoms with van der Waals surface area (Å²) in [5.74, 6) is 1.53. The predicted octanol–water partition coefficient (Wildman–Crippen LogP) is 2.30. The van der Waals surface area contributed by atoms with E-state index in [1.807, 2.05) is 42.5 Å². The molecule has 3 aromatic rings. The third-order valence-electron chi connectivity index (χ3n) is 3.56. The molecule has 0 spiro atoms. The molecule has 26 heavy (non-hydrogen) atoms. The number of hydrogen-bond acceptors (Lipinski definition) is 8. The summed E-state index contributed by atoms with van der Waals surface area (Å²) >= 11 is 0. The van der Waals surface area contributed by atoms with Gasteiger partial charge in [0.15, 0.2) is 0 Å². The van der Waals surface area contributed by atoms with Gasteiger partial charge in [-0.25, -0.2) is 0 Å². The van der Waals surface area contributed by atoms with Crippen LogP contribution in [0.5, 0.6) is 5.75 Å². The number of aromatic hydroxyl groups is 1. The number of anilines is 4. The van der Waals surface area contributed by atoms with Crippen molar-refractivity contribution >= 4 is 23.5 Å². The van der Waals surface area contributed by atoms with E-state index in [9.17, 15) is 5.11 Å². The molecule has 0 unspecified atom stereocenters. The van der Waals surface area contributed by atoms with Crippen LogP contribution in [0.25, 0.3) is 0 Å². The van der Waals surface area contributed by atoms with Gasteiger partial charge in [0.2, 0.25) is 17.8 Å². The molecule has 0 fully saturated rings. The average molecular weight is 351 g/mol. The highest BCUT2D eigenvalue weighted by molar-refractivity contribution is 5.55. The summed E-state index contributed by atoms with van der Waals surface area (Å²) in [5.41, 5.74) is 7.51. The Morgan fingerprint density at radius 3 is 2.15 bits per heavy atom. The Bertz CT molecular complexity index is 825. The first-order valence-corrected chi connectivity index (χ1v) is 8.27. The van der Waals surface area contributed by atoms with Crippen LogP contribution in [0.4, 0.5) is 23.5 Å². The van der Waals surface area contributed by atoms with Crippen LogP contribution in [0.2, 0.25) is 0 Å². The van der Waals surface area contributed by atoms with E-state index >= 15 is 0 Å². The van der Waals surface area contributed by atoms with Crippen molar-refractivity contribution in [1.82, 2.24) is 15.0 Å². The number of benzene rings is 2. The third-order valence-corrected chi connectivity index (χ3v) is 3.56. The fourth-order valence-electron chi connectivity index (χ4n) is 2.31. The van der Waals surface area contributed by atoms with Crippen molar-refractivity contribution in [1.29, 1.82) is 0 Å². The Balaban J connectivity index is 1.67. The van der Waals surface area contributed by atoms with Crippen molar-refractivity contribution in [3.63, 3.8) is 0 Å². The van der Waals surface area contributed by atoms with Gasteiger partial charge in [0.1, 0.15) is 5.75 Å². The van der Waals surface area contributed by atoms with Crippen molar-refractivity contribution in [2.24, 2.45) is 5.73 Å². The molecular weight excluding hydrogens is 330 g/mol. The van der Waals surface area contributed by atoms with Gasteiger partial charge in [-0.3, -0.25) is 0 Å². The molecule has 6 N–H and O–H groups in total. The Labute approximate surface area is 151 Å². The highest BCUT2D eigenvalue weighted by Gasteiger charge is 2.06. The summed E-state index contributed by atoms with van der Waals surface area (Å²) in [6.45, 7) is 0.864. The molecule has 0 aliphatic heterocycles. The fourth-order valence-corrected chi connectivity index (χ4v) is 2.31. The average Bonchev–Trinajstić information content (AvgIpc) is 2.64. The van der Waals surface area contributed by atoms with Crippen LogP contribution < -0.4 is 21.7 Å². The molecule has 134 valence electrons. The summed E-state index contributed by atoms with van der Waals surface area (Å²) in [4.78, 5) is 13.0. The topological polar surface area (TPSA) is 121 Å². The van der Waals surface area contributed by atoms with Crippen LogP contribution in [-0.2, 0) is 6.42 Å². The van der Waals surface area contributed by atoms with Crippen LogP contribution in [0, 0.1) is 0 Å². The molecule has 0 bridgehead atoms. The van der Waals surface area contributed by atoms with Crippen molar-refractivity contribution in [3.8, 4) is 5.75 Å². The molecule has 0 saturated carbocycles. The van der Waals surface area contributed by atoms with Gasteiger partial charge in [0.25, 0.3) is 0 Å². The Hall–Kier alpha value is -3.39. The van der Waals surface area contributed by atoms with E-state index < -0.39 is 0 Å². The van der Waals surface area contributed by atoms with Gasteiger partial charge < -0.3 is 26.8 Å². The first-order valence-electron chi connectivity index (χ1n) is 8.27. The number of rotatable bonds is 8. The van der Waals surface area contributed by atoms with Gasteiger partial charge in [0.05, 0.1) is 6.67 Å². The van der Waals surface area contributed by atoms with Gasteiger partial charge >= 0.3 is 0 Å². The van der Waals surface area contributed by atoms with Crippen LogP contribution in [-0.4, -0.2) is 33.3 Å². The summed E-state index contributed by atoms with van der Waals surface area (Å²) in [7, 11) is 0. The van der Waals surface area contributed by atoms with E-state index in [4.69, 9.17) is 5.73 Å². The molecule has 0 atom stereocenters. The Kier molecular flexibility index (Phi) is 5.79. The summed E-state index contributed by atoms with van der Waals surface area (Å²) < 4.78 is 0. The van der Waals surface area contributed by atoms with E-state index in [-0.39, 0.29) is 12.4 Å². The molecule has 1 aromatic heterocycles. The largest absolute Gasteiger partial charge is 0.508 e. The number of nitrogens with one attached hydrogen (secondary N) is 3. The van der Waals surface area contributed by atoms with Crippen LogP contribution >= 0.6 is 0 Å². The van der Waals surface area contributed by atoms with Crippen molar-refractivity contribution in [2.75, 3.05) is 29.2 Å². The smallest absolute Gasteiger partial charge is 0.233 e. The number of phenolic OH excluding ortho intramolecular Hbond substituents is 1. The number of para-hydroxylation sites is 1. The number of hydrogen-bond donors (Lipinski definition) is 5. The normalized spacial score (nSPS) is 10.3. The van der Waals surface area contributed by atoms with Gasteiger partial charge in [0, 0.05) is 12.2 Å². The van der Waals surface area contributed by atoms with Gasteiger partial charge in [-0.1, -0.05) is 30.3 Å². The van der Waals surface area contributed by atoms with Gasteiger partial charge in [-0.05, 0) is 36.2 Å². The number of nitrogens with two attached hydrogens (primary N) is 1. The monoisotopic (exact) mass is 351 g/mol. The minimum absolute atomic E-state index is 0.224. The van der Waals surface area contributed by atoms with Crippen molar-refractivity contribution in [3.05, 3.63) is 60.2 Å². The SMILES string of the molecule is NCNc1nc(NCCc2ccc(O)cc2)nc(Nc2ccccc2)n1. The predicted molar refractivity (Wildman–Crippen MR) is 103 cm³/mol. The zero-order chi connectivity index (χ0) is 18.2. The first-order chi connectivity index (χ1) is 12.7. The van der Waals surface area contributed by atoms with E-state index in [0.29, 0.717) is 24.4 Å². The molecule has 8 nitrogen and oxygen atoms in total. The van der Waals surface area contributed by atoms with E-state index in [1.54, 1.807) is 12.1 Å². The van der Waals surface area contributed by atoms with Crippen molar-refractivity contribution < 1.29 is 5.11 Å². The zero-order valence-corrected chi connectivity index (χ0v) is 14.2. The number of phenols is 1. The number of nitrogens with zero attached hydrogens (tertiary/aromatic N) is 3. The lowest BCUT2D eigenvalue weighted by Gasteiger charge is -2.10. The standard InChI is InChI=1S/C18H21N7O/c19-12-21-17-23-16(20-11-10-13-6-8-15(26)9-7-13)24-18(25-17)22-14-4-2-1-3-5-14/h1-9,26H,10-12,19H2,(H3,20,21,22,23,24,25). The van der Waals surface area contributed by atoms with Crippen LogP contribution in [0.15, 0.2) is 54.6 Å². The van der Waals surface area contributed by atoms with Crippen LogP contribution in [0.3, 0.4) is 0 Å².